The molecule has 0 radical (unpaired) electrons. The topological polar surface area (TPSA) is 75.6 Å². The van der Waals surface area contributed by atoms with E-state index in [1.807, 2.05) is 6.07 Å². The lowest BCUT2D eigenvalue weighted by atomic mass is 10.0. The summed E-state index contributed by atoms with van der Waals surface area (Å²) in [7, 11) is 1.62. The van der Waals surface area contributed by atoms with Crippen molar-refractivity contribution in [2.75, 3.05) is 13.7 Å². The second-order valence-corrected chi connectivity index (χ2v) is 5.92. The van der Waals surface area contributed by atoms with Gasteiger partial charge >= 0.3 is 5.97 Å². The molecule has 1 atom stereocenters. The first-order valence-electron chi connectivity index (χ1n) is 7.48. The van der Waals surface area contributed by atoms with Crippen molar-refractivity contribution >= 4 is 11.9 Å². The van der Waals surface area contributed by atoms with Gasteiger partial charge < -0.3 is 15.2 Å². The molecule has 0 fully saturated rings. The summed E-state index contributed by atoms with van der Waals surface area (Å²) >= 11 is 0. The van der Waals surface area contributed by atoms with Crippen LogP contribution >= 0.6 is 0 Å². The van der Waals surface area contributed by atoms with E-state index in [1.165, 1.54) is 0 Å². The highest BCUT2D eigenvalue weighted by Gasteiger charge is 2.14. The van der Waals surface area contributed by atoms with E-state index < -0.39 is 5.97 Å². The van der Waals surface area contributed by atoms with Crippen molar-refractivity contribution in [3.05, 3.63) is 35.4 Å². The fraction of sp³-hybridized carbons (Fsp3) is 0.529. The van der Waals surface area contributed by atoms with E-state index in [1.54, 1.807) is 25.3 Å². The van der Waals surface area contributed by atoms with Crippen LogP contribution in [0, 0.1) is 5.92 Å². The molecule has 2 N–H and O–H groups in total. The first-order valence-corrected chi connectivity index (χ1v) is 7.48. The molecule has 0 unspecified atom stereocenters. The third kappa shape index (κ3) is 7.22. The van der Waals surface area contributed by atoms with E-state index in [9.17, 15) is 9.59 Å². The average Bonchev–Trinajstić information content (AvgIpc) is 2.37. The van der Waals surface area contributed by atoms with Crippen LogP contribution in [0.3, 0.4) is 0 Å². The van der Waals surface area contributed by atoms with Crippen LogP contribution < -0.4 is 5.32 Å². The minimum Gasteiger partial charge on any atom is -0.481 e. The standard InChI is InChI=1S/C17H25NO4/c1-12(2)7-15(11-22-3)18-16(19)9-13-5-4-6-14(8-13)10-17(20)21/h4-6,8,12,15H,7,9-11H2,1-3H3,(H,18,19)(H,20,21)/t15-/m0/s1. The summed E-state index contributed by atoms with van der Waals surface area (Å²) in [6, 6.07) is 7.13. The number of hydrogen-bond donors (Lipinski definition) is 2. The van der Waals surface area contributed by atoms with Crippen molar-refractivity contribution < 1.29 is 19.4 Å². The zero-order valence-corrected chi connectivity index (χ0v) is 13.5. The molecule has 0 heterocycles. The fourth-order valence-electron chi connectivity index (χ4n) is 2.43. The molecule has 1 aromatic carbocycles. The number of carboxylic acids is 1. The van der Waals surface area contributed by atoms with Gasteiger partial charge in [-0.3, -0.25) is 9.59 Å². The third-order valence-corrected chi connectivity index (χ3v) is 3.20. The van der Waals surface area contributed by atoms with Crippen LogP contribution in [0.15, 0.2) is 24.3 Å². The van der Waals surface area contributed by atoms with Gasteiger partial charge in [-0.25, -0.2) is 0 Å². The van der Waals surface area contributed by atoms with Crippen LogP contribution in [-0.2, 0) is 27.2 Å². The third-order valence-electron chi connectivity index (χ3n) is 3.20. The number of carbonyl (C=O) groups excluding carboxylic acids is 1. The Hall–Kier alpha value is -1.88. The highest BCUT2D eigenvalue weighted by Crippen LogP contribution is 2.09. The van der Waals surface area contributed by atoms with Crippen molar-refractivity contribution in [2.24, 2.45) is 5.92 Å². The van der Waals surface area contributed by atoms with E-state index in [4.69, 9.17) is 9.84 Å². The molecular weight excluding hydrogens is 282 g/mol. The molecular formula is C17H25NO4. The zero-order valence-electron chi connectivity index (χ0n) is 13.5. The van der Waals surface area contributed by atoms with Crippen LogP contribution in [-0.4, -0.2) is 36.7 Å². The second-order valence-electron chi connectivity index (χ2n) is 5.92. The summed E-state index contributed by atoms with van der Waals surface area (Å²) in [5.74, 6) is -0.479. The molecule has 0 aliphatic rings. The Balaban J connectivity index is 2.61. The normalized spacial score (nSPS) is 12.2. The number of carboxylic acid groups (broad SMARTS) is 1. The Morgan fingerprint density at radius 2 is 1.86 bits per heavy atom. The largest absolute Gasteiger partial charge is 0.481 e. The zero-order chi connectivity index (χ0) is 16.5. The number of rotatable bonds is 9. The molecule has 5 heteroatoms. The molecule has 122 valence electrons. The molecule has 0 spiro atoms. The molecule has 0 saturated carbocycles. The summed E-state index contributed by atoms with van der Waals surface area (Å²) in [4.78, 5) is 22.9. The SMILES string of the molecule is COC[C@H](CC(C)C)NC(=O)Cc1cccc(CC(=O)O)c1. The fourth-order valence-corrected chi connectivity index (χ4v) is 2.43. The van der Waals surface area contributed by atoms with Gasteiger partial charge in [0.25, 0.3) is 0 Å². The predicted molar refractivity (Wildman–Crippen MR) is 84.7 cm³/mol. The van der Waals surface area contributed by atoms with Crippen molar-refractivity contribution in [3.8, 4) is 0 Å². The quantitative estimate of drug-likeness (QED) is 0.732. The lowest BCUT2D eigenvalue weighted by Crippen LogP contribution is -2.39. The molecule has 0 aliphatic carbocycles. The van der Waals surface area contributed by atoms with Crippen LogP contribution in [0.5, 0.6) is 0 Å². The summed E-state index contributed by atoms with van der Waals surface area (Å²) in [5.41, 5.74) is 1.52. The first-order chi connectivity index (χ1) is 10.4. The first kappa shape index (κ1) is 18.2. The number of aliphatic carboxylic acids is 1. The molecule has 1 rings (SSSR count). The Morgan fingerprint density at radius 3 is 2.41 bits per heavy atom. The van der Waals surface area contributed by atoms with Gasteiger partial charge in [-0.15, -0.1) is 0 Å². The van der Waals surface area contributed by atoms with Crippen molar-refractivity contribution in [2.45, 2.75) is 39.2 Å². The van der Waals surface area contributed by atoms with E-state index >= 15 is 0 Å². The van der Waals surface area contributed by atoms with Crippen molar-refractivity contribution in [1.29, 1.82) is 0 Å². The summed E-state index contributed by atoms with van der Waals surface area (Å²) < 4.78 is 5.14. The van der Waals surface area contributed by atoms with Crippen LogP contribution in [0.2, 0.25) is 0 Å². The minimum atomic E-state index is -0.876. The molecule has 5 nitrogen and oxygen atoms in total. The van der Waals surface area contributed by atoms with Crippen LogP contribution in [0.1, 0.15) is 31.4 Å². The lowest BCUT2D eigenvalue weighted by molar-refractivity contribution is -0.136. The molecule has 22 heavy (non-hydrogen) atoms. The number of nitrogens with one attached hydrogen (secondary N) is 1. The lowest BCUT2D eigenvalue weighted by Gasteiger charge is -2.20. The number of ether oxygens (including phenoxy) is 1. The highest BCUT2D eigenvalue weighted by molar-refractivity contribution is 5.79. The van der Waals surface area contributed by atoms with Crippen LogP contribution in [0.25, 0.3) is 0 Å². The van der Waals surface area contributed by atoms with Gasteiger partial charge in [-0.1, -0.05) is 38.1 Å². The minimum absolute atomic E-state index is 0.000276. The second kappa shape index (κ2) is 9.20. The smallest absolute Gasteiger partial charge is 0.307 e. The van der Waals surface area contributed by atoms with Gasteiger partial charge in [0.2, 0.25) is 5.91 Å². The average molecular weight is 307 g/mol. The maximum atomic E-state index is 12.1. The molecule has 0 aromatic heterocycles. The maximum Gasteiger partial charge on any atom is 0.307 e. The Kier molecular flexibility index (Phi) is 7.60. The van der Waals surface area contributed by atoms with Crippen molar-refractivity contribution in [1.82, 2.24) is 5.32 Å². The predicted octanol–water partition coefficient (Wildman–Crippen LogP) is 2.03. The van der Waals surface area contributed by atoms with Gasteiger partial charge in [-0.2, -0.15) is 0 Å². The summed E-state index contributed by atoms with van der Waals surface area (Å²) in [5, 5.41) is 11.8. The van der Waals surface area contributed by atoms with E-state index in [2.05, 4.69) is 19.2 Å². The highest BCUT2D eigenvalue weighted by atomic mass is 16.5. The van der Waals surface area contributed by atoms with Gasteiger partial charge in [-0.05, 0) is 23.5 Å². The number of benzene rings is 1. The van der Waals surface area contributed by atoms with E-state index in [0.717, 1.165) is 12.0 Å². The van der Waals surface area contributed by atoms with Gasteiger partial charge in [0, 0.05) is 7.11 Å². The van der Waals surface area contributed by atoms with E-state index in [-0.39, 0.29) is 24.8 Å². The summed E-state index contributed by atoms with van der Waals surface area (Å²) in [6.07, 6.45) is 1.07. The number of carbonyl (C=O) groups is 2. The monoisotopic (exact) mass is 307 g/mol. The van der Waals surface area contributed by atoms with Gasteiger partial charge in [0.15, 0.2) is 0 Å². The maximum absolute atomic E-state index is 12.1. The van der Waals surface area contributed by atoms with Gasteiger partial charge in [0.05, 0.1) is 25.5 Å². The number of methoxy groups -OCH3 is 1. The Bertz CT molecular complexity index is 499. The molecule has 0 saturated heterocycles. The number of hydrogen-bond acceptors (Lipinski definition) is 3. The van der Waals surface area contributed by atoms with Crippen molar-refractivity contribution in [3.63, 3.8) is 0 Å². The van der Waals surface area contributed by atoms with E-state index in [0.29, 0.717) is 18.1 Å². The Labute approximate surface area is 131 Å². The summed E-state index contributed by atoms with van der Waals surface area (Å²) in [6.45, 7) is 4.69. The van der Waals surface area contributed by atoms with Gasteiger partial charge in [0.1, 0.15) is 0 Å². The molecule has 1 aromatic rings. The molecule has 0 aliphatic heterocycles. The molecule has 1 amide bonds. The van der Waals surface area contributed by atoms with Crippen LogP contribution in [0.4, 0.5) is 0 Å². The Morgan fingerprint density at radius 1 is 1.23 bits per heavy atom. The number of amides is 1. The molecule has 0 bridgehead atoms.